The topological polar surface area (TPSA) is 0 Å². The Morgan fingerprint density at radius 1 is 1.00 bits per heavy atom. The van der Waals surface area contributed by atoms with E-state index >= 15 is 0 Å². The zero-order valence-corrected chi connectivity index (χ0v) is 9.36. The van der Waals surface area contributed by atoms with Crippen molar-refractivity contribution < 1.29 is 4.39 Å². The minimum Gasteiger partial charge on any atom is -0.207 e. The maximum Gasteiger partial charge on any atom is 0.123 e. The predicted molar refractivity (Wildman–Crippen MR) is 69.6 cm³/mol. The van der Waals surface area contributed by atoms with Crippen LogP contribution in [0.5, 0.6) is 0 Å². The van der Waals surface area contributed by atoms with Crippen molar-refractivity contribution in [1.82, 2.24) is 0 Å². The molecule has 0 saturated carbocycles. The minimum absolute atomic E-state index is 0.232. The van der Waals surface area contributed by atoms with Crippen molar-refractivity contribution in [3.8, 4) is 0 Å². The van der Waals surface area contributed by atoms with Gasteiger partial charge in [0.1, 0.15) is 5.82 Å². The highest BCUT2D eigenvalue weighted by Gasteiger charge is 1.94. The summed E-state index contributed by atoms with van der Waals surface area (Å²) in [5.41, 5.74) is 2.75. The molecule has 1 radical (unpaired) electrons. The van der Waals surface area contributed by atoms with Crippen LogP contribution in [0.1, 0.15) is 11.1 Å². The van der Waals surface area contributed by atoms with Gasteiger partial charge in [-0.2, -0.15) is 0 Å². The van der Waals surface area contributed by atoms with E-state index < -0.39 is 0 Å². The molecule has 0 bridgehead atoms. The number of hydrogen-bond acceptors (Lipinski definition) is 0. The lowest BCUT2D eigenvalue weighted by atomic mass is 10.1. The van der Waals surface area contributed by atoms with Crippen molar-refractivity contribution >= 4 is 11.6 Å². The van der Waals surface area contributed by atoms with Gasteiger partial charge >= 0.3 is 0 Å². The summed E-state index contributed by atoms with van der Waals surface area (Å²) >= 11 is 0. The molecule has 83 valence electrons. The first kappa shape index (κ1) is 11.3. The Morgan fingerprint density at radius 3 is 2.29 bits per heavy atom. The fourth-order valence-corrected chi connectivity index (χ4v) is 1.45. The first-order valence-electron chi connectivity index (χ1n) is 5.35. The van der Waals surface area contributed by atoms with Crippen molar-refractivity contribution in [2.45, 2.75) is 0 Å². The average Bonchev–Trinajstić information content (AvgIpc) is 2.39. The van der Waals surface area contributed by atoms with Crippen molar-refractivity contribution in [3.63, 3.8) is 0 Å². The van der Waals surface area contributed by atoms with E-state index in [1.807, 2.05) is 30.3 Å². The van der Waals surface area contributed by atoms with Gasteiger partial charge in [0, 0.05) is 0 Å². The lowest BCUT2D eigenvalue weighted by Gasteiger charge is -1.98. The van der Waals surface area contributed by atoms with Gasteiger partial charge in [0.2, 0.25) is 0 Å². The van der Waals surface area contributed by atoms with Gasteiger partial charge in [-0.3, -0.25) is 0 Å². The molecule has 0 amide bonds. The first-order valence-corrected chi connectivity index (χ1v) is 5.35. The molecule has 0 aromatic heterocycles. The number of rotatable bonds is 3. The molecule has 0 spiro atoms. The maximum absolute atomic E-state index is 12.7. The molecule has 1 heteroatoms. The van der Waals surface area contributed by atoms with Gasteiger partial charge in [0.25, 0.3) is 0 Å². The number of hydrogen-bond donors (Lipinski definition) is 0. The molecule has 2 aromatic carbocycles. The second-order valence-corrected chi connectivity index (χ2v) is 3.68. The van der Waals surface area contributed by atoms with Gasteiger partial charge in [-0.25, -0.2) is 4.39 Å². The van der Waals surface area contributed by atoms with Crippen LogP contribution in [-0.4, -0.2) is 0 Å². The molecule has 0 atom stereocenters. The first-order chi connectivity index (χ1) is 8.25. The summed E-state index contributed by atoms with van der Waals surface area (Å²) in [5, 5.41) is 0. The molecule has 17 heavy (non-hydrogen) atoms. The molecule has 0 nitrogen and oxygen atoms in total. The van der Waals surface area contributed by atoms with E-state index in [0.29, 0.717) is 0 Å². The van der Waals surface area contributed by atoms with Crippen LogP contribution in [0.25, 0.3) is 11.6 Å². The molecular weight excluding hydrogens is 211 g/mol. The molecule has 2 aromatic rings. The molecule has 0 N–H and O–H groups in total. The molecule has 2 rings (SSSR count). The highest BCUT2D eigenvalue weighted by Crippen LogP contribution is 2.14. The van der Waals surface area contributed by atoms with Gasteiger partial charge in [-0.05, 0) is 41.0 Å². The smallest absolute Gasteiger partial charge is 0.123 e. The molecular formula is C16H12F. The van der Waals surface area contributed by atoms with Crippen molar-refractivity contribution in [2.24, 2.45) is 0 Å². The number of allylic oxidation sites excluding steroid dienone is 2. The fraction of sp³-hybridized carbons (Fsp3) is 0. The second-order valence-electron chi connectivity index (χ2n) is 3.68. The van der Waals surface area contributed by atoms with Crippen LogP contribution in [-0.2, 0) is 0 Å². The van der Waals surface area contributed by atoms with Gasteiger partial charge in [0.15, 0.2) is 0 Å². The average molecular weight is 223 g/mol. The third kappa shape index (κ3) is 3.15. The summed E-state index contributed by atoms with van der Waals surface area (Å²) in [5.74, 6) is -0.232. The van der Waals surface area contributed by atoms with Gasteiger partial charge < -0.3 is 0 Å². The zero-order chi connectivity index (χ0) is 12.1. The summed E-state index contributed by atoms with van der Waals surface area (Å²) in [6.07, 6.45) is 4.89. The van der Waals surface area contributed by atoms with Gasteiger partial charge in [-0.1, -0.05) is 49.0 Å². The van der Waals surface area contributed by atoms with Crippen LogP contribution in [0, 0.1) is 11.9 Å². The van der Waals surface area contributed by atoms with E-state index in [0.717, 1.165) is 16.7 Å². The van der Waals surface area contributed by atoms with E-state index in [2.05, 4.69) is 12.7 Å². The van der Waals surface area contributed by atoms with E-state index in [9.17, 15) is 4.39 Å². The van der Waals surface area contributed by atoms with E-state index in [1.54, 1.807) is 18.2 Å². The Kier molecular flexibility index (Phi) is 3.51. The summed E-state index contributed by atoms with van der Waals surface area (Å²) in [6, 6.07) is 16.1. The van der Waals surface area contributed by atoms with E-state index in [-0.39, 0.29) is 5.82 Å². The highest BCUT2D eigenvalue weighted by molar-refractivity contribution is 5.73. The second kappa shape index (κ2) is 5.26. The maximum atomic E-state index is 12.7. The van der Waals surface area contributed by atoms with Crippen molar-refractivity contribution in [3.05, 3.63) is 84.2 Å². The number of halogens is 1. The third-order valence-corrected chi connectivity index (χ3v) is 2.41. The molecule has 0 aliphatic rings. The molecule has 0 heterocycles. The summed E-state index contributed by atoms with van der Waals surface area (Å²) < 4.78 is 12.7. The zero-order valence-electron chi connectivity index (χ0n) is 9.36. The fourth-order valence-electron chi connectivity index (χ4n) is 1.45. The SMILES string of the molecule is C=C([C]=Cc1ccc(F)cc1)c1ccccc1. The van der Waals surface area contributed by atoms with Crippen LogP contribution >= 0.6 is 0 Å². The van der Waals surface area contributed by atoms with Crippen molar-refractivity contribution in [2.75, 3.05) is 0 Å². The summed E-state index contributed by atoms with van der Waals surface area (Å²) in [7, 11) is 0. The van der Waals surface area contributed by atoms with Gasteiger partial charge in [-0.15, -0.1) is 0 Å². The Morgan fingerprint density at radius 2 is 1.65 bits per heavy atom. The Balaban J connectivity index is 2.11. The van der Waals surface area contributed by atoms with Gasteiger partial charge in [0.05, 0.1) is 0 Å². The lowest BCUT2D eigenvalue weighted by molar-refractivity contribution is 0.628. The third-order valence-electron chi connectivity index (χ3n) is 2.41. The quantitative estimate of drug-likeness (QED) is 0.678. The summed E-state index contributed by atoms with van der Waals surface area (Å²) in [6.45, 7) is 3.94. The molecule has 0 aliphatic carbocycles. The van der Waals surface area contributed by atoms with Crippen LogP contribution in [0.2, 0.25) is 0 Å². The van der Waals surface area contributed by atoms with Crippen LogP contribution < -0.4 is 0 Å². The monoisotopic (exact) mass is 223 g/mol. The standard InChI is InChI=1S/C16H12F/c1-13(15-5-3-2-4-6-15)7-8-14-9-11-16(17)12-10-14/h2-6,8-12H,1H2. The van der Waals surface area contributed by atoms with E-state index in [1.165, 1.54) is 12.1 Å². The Labute approximate surface area is 101 Å². The summed E-state index contributed by atoms with van der Waals surface area (Å²) in [4.78, 5) is 0. The van der Waals surface area contributed by atoms with Crippen LogP contribution in [0.3, 0.4) is 0 Å². The van der Waals surface area contributed by atoms with Crippen molar-refractivity contribution in [1.29, 1.82) is 0 Å². The normalized spacial score (nSPS) is 10.6. The largest absolute Gasteiger partial charge is 0.207 e. The molecule has 0 saturated heterocycles. The minimum atomic E-state index is -0.232. The Bertz CT molecular complexity index is 521. The molecule has 0 fully saturated rings. The molecule has 0 aliphatic heterocycles. The molecule has 0 unspecified atom stereocenters. The van der Waals surface area contributed by atoms with Crippen LogP contribution in [0.15, 0.2) is 61.2 Å². The Hall–Kier alpha value is -2.15. The lowest BCUT2D eigenvalue weighted by Crippen LogP contribution is -1.79. The van der Waals surface area contributed by atoms with Crippen LogP contribution in [0.4, 0.5) is 4.39 Å². The highest BCUT2D eigenvalue weighted by atomic mass is 19.1. The predicted octanol–water partition coefficient (Wildman–Crippen LogP) is 4.36. The van der Waals surface area contributed by atoms with E-state index in [4.69, 9.17) is 0 Å². The number of benzene rings is 2.